The van der Waals surface area contributed by atoms with Crippen LogP contribution in [0, 0.1) is 18.8 Å². The van der Waals surface area contributed by atoms with Crippen molar-refractivity contribution in [2.75, 3.05) is 5.32 Å². The number of aryl methyl sites for hydroxylation is 1. The second-order valence-corrected chi connectivity index (χ2v) is 10.8. The molecule has 1 fully saturated rings. The van der Waals surface area contributed by atoms with Crippen LogP contribution >= 0.6 is 11.3 Å². The van der Waals surface area contributed by atoms with Gasteiger partial charge in [0.05, 0.1) is 16.5 Å². The molecule has 1 aliphatic carbocycles. The van der Waals surface area contributed by atoms with Gasteiger partial charge in [0.2, 0.25) is 0 Å². The molecule has 0 radical (unpaired) electrons. The number of rotatable bonds is 7. The van der Waals surface area contributed by atoms with E-state index in [1.54, 1.807) is 19.3 Å². The lowest BCUT2D eigenvalue weighted by Crippen LogP contribution is -2.35. The number of hydrogen-bond acceptors (Lipinski definition) is 7. The molecule has 4 rings (SSSR count). The van der Waals surface area contributed by atoms with Crippen molar-refractivity contribution < 1.29 is 15.0 Å². The van der Waals surface area contributed by atoms with Crippen LogP contribution in [0.1, 0.15) is 68.5 Å². The van der Waals surface area contributed by atoms with E-state index in [-0.39, 0.29) is 11.8 Å². The molecule has 0 aromatic carbocycles. The van der Waals surface area contributed by atoms with Crippen molar-refractivity contribution in [3.8, 4) is 10.6 Å². The van der Waals surface area contributed by atoms with E-state index in [0.717, 1.165) is 22.0 Å². The van der Waals surface area contributed by atoms with Gasteiger partial charge in [-0.3, -0.25) is 4.79 Å². The molecule has 180 valence electrons. The Hall–Kier alpha value is -2.84. The number of carboxylic acid groups (broad SMARTS) is 1. The molecule has 1 aliphatic rings. The molecule has 0 aliphatic heterocycles. The third-order valence-corrected chi connectivity index (χ3v) is 7.99. The second-order valence-electron chi connectivity index (χ2n) is 9.73. The van der Waals surface area contributed by atoms with E-state index in [1.807, 2.05) is 31.2 Å². The van der Waals surface area contributed by atoms with Crippen molar-refractivity contribution in [2.24, 2.45) is 11.8 Å². The van der Waals surface area contributed by atoms with E-state index in [2.05, 4.69) is 29.1 Å². The molecule has 3 heterocycles. The van der Waals surface area contributed by atoms with Gasteiger partial charge in [0.1, 0.15) is 22.2 Å². The van der Waals surface area contributed by atoms with Gasteiger partial charge in [-0.25, -0.2) is 15.0 Å². The smallest absolute Gasteiger partial charge is 0.306 e. The molecule has 1 saturated carbocycles. The highest BCUT2D eigenvalue weighted by Crippen LogP contribution is 2.43. The Morgan fingerprint density at radius 1 is 1.15 bits per heavy atom. The Morgan fingerprint density at radius 2 is 1.88 bits per heavy atom. The summed E-state index contributed by atoms with van der Waals surface area (Å²) < 4.78 is 0. The molecule has 3 N–H and O–H groups in total. The van der Waals surface area contributed by atoms with E-state index < -0.39 is 11.6 Å². The number of anilines is 2. The van der Waals surface area contributed by atoms with Gasteiger partial charge in [-0.05, 0) is 86.8 Å². The third kappa shape index (κ3) is 5.28. The Balaban J connectivity index is 1.54. The Labute approximate surface area is 204 Å². The first-order valence-electron chi connectivity index (χ1n) is 11.8. The van der Waals surface area contributed by atoms with Crippen LogP contribution in [0.4, 0.5) is 11.6 Å². The first-order chi connectivity index (χ1) is 16.1. The molecule has 3 aromatic rings. The standard InChI is InChI=1S/C26H32N4O3S/c1-15(2)18-9-10-27-22(13-18)30-23-12-16(3)11-20(29-23)21-14-28-25(34-21)26(4,33)19-7-5-17(6-8-19)24(31)32/h9-15,17,19,33H,5-8H2,1-4H3,(H,31,32)(H,27,29,30). The summed E-state index contributed by atoms with van der Waals surface area (Å²) in [4.78, 5) is 25.9. The summed E-state index contributed by atoms with van der Waals surface area (Å²) in [6.45, 7) is 8.12. The maximum atomic E-state index is 11.3. The molecule has 1 unspecified atom stereocenters. The Kier molecular flexibility index (Phi) is 7.00. The maximum absolute atomic E-state index is 11.3. The number of hydrogen-bond donors (Lipinski definition) is 3. The first-order valence-corrected chi connectivity index (χ1v) is 12.6. The summed E-state index contributed by atoms with van der Waals surface area (Å²) in [7, 11) is 0. The Morgan fingerprint density at radius 3 is 2.56 bits per heavy atom. The number of nitrogens with zero attached hydrogens (tertiary/aromatic N) is 3. The van der Waals surface area contributed by atoms with E-state index in [1.165, 1.54) is 16.9 Å². The van der Waals surface area contributed by atoms with Crippen molar-refractivity contribution >= 4 is 28.9 Å². The zero-order chi connectivity index (χ0) is 24.5. The summed E-state index contributed by atoms with van der Waals surface area (Å²) in [5, 5.41) is 24.6. The van der Waals surface area contributed by atoms with Crippen molar-refractivity contribution in [3.05, 3.63) is 52.8 Å². The highest BCUT2D eigenvalue weighted by Gasteiger charge is 2.40. The molecule has 8 heteroatoms. The molecular formula is C26H32N4O3S. The quantitative estimate of drug-likeness (QED) is 0.388. The zero-order valence-corrected chi connectivity index (χ0v) is 20.9. The normalized spacial score (nSPS) is 20.2. The van der Waals surface area contributed by atoms with E-state index in [4.69, 9.17) is 4.98 Å². The summed E-state index contributed by atoms with van der Waals surface area (Å²) in [6, 6.07) is 8.04. The van der Waals surface area contributed by atoms with Crippen molar-refractivity contribution in [3.63, 3.8) is 0 Å². The zero-order valence-electron chi connectivity index (χ0n) is 20.1. The van der Waals surface area contributed by atoms with Crippen LogP contribution in [0.15, 0.2) is 36.7 Å². The van der Waals surface area contributed by atoms with E-state index in [9.17, 15) is 15.0 Å². The molecule has 7 nitrogen and oxygen atoms in total. The van der Waals surface area contributed by atoms with Gasteiger partial charge in [-0.2, -0.15) is 0 Å². The fraction of sp³-hybridized carbons (Fsp3) is 0.462. The number of aliphatic hydroxyl groups is 1. The van der Waals surface area contributed by atoms with Gasteiger partial charge in [0, 0.05) is 12.4 Å². The Bertz CT molecular complexity index is 1170. The minimum Gasteiger partial charge on any atom is -0.481 e. The van der Waals surface area contributed by atoms with Crippen LogP contribution in [0.25, 0.3) is 10.6 Å². The monoisotopic (exact) mass is 480 g/mol. The van der Waals surface area contributed by atoms with Crippen LogP contribution in [0.2, 0.25) is 0 Å². The number of carboxylic acids is 1. The van der Waals surface area contributed by atoms with Gasteiger partial charge in [0.25, 0.3) is 0 Å². The predicted octanol–water partition coefficient (Wildman–Crippen LogP) is 5.87. The average molecular weight is 481 g/mol. The molecule has 1 atom stereocenters. The average Bonchev–Trinajstić information content (AvgIpc) is 3.30. The number of thiazole rings is 1. The summed E-state index contributed by atoms with van der Waals surface area (Å²) in [5.74, 6) is 0.807. The van der Waals surface area contributed by atoms with Crippen LogP contribution < -0.4 is 5.32 Å². The molecule has 0 saturated heterocycles. The number of carbonyl (C=O) groups is 1. The largest absolute Gasteiger partial charge is 0.481 e. The predicted molar refractivity (Wildman–Crippen MR) is 134 cm³/mol. The van der Waals surface area contributed by atoms with Crippen LogP contribution in [-0.2, 0) is 10.4 Å². The van der Waals surface area contributed by atoms with Gasteiger partial charge >= 0.3 is 5.97 Å². The summed E-state index contributed by atoms with van der Waals surface area (Å²) >= 11 is 1.44. The van der Waals surface area contributed by atoms with Crippen LogP contribution in [0.3, 0.4) is 0 Å². The highest BCUT2D eigenvalue weighted by atomic mass is 32.1. The second kappa shape index (κ2) is 9.80. The number of nitrogens with one attached hydrogen (secondary N) is 1. The summed E-state index contributed by atoms with van der Waals surface area (Å²) in [5.41, 5.74) is 1.95. The molecular weight excluding hydrogens is 448 g/mol. The number of aromatic nitrogens is 3. The summed E-state index contributed by atoms with van der Waals surface area (Å²) in [6.07, 6.45) is 6.11. The molecule has 0 spiro atoms. The van der Waals surface area contributed by atoms with Crippen LogP contribution in [0.5, 0.6) is 0 Å². The molecule has 3 aromatic heterocycles. The van der Waals surface area contributed by atoms with Gasteiger partial charge in [-0.1, -0.05) is 13.8 Å². The third-order valence-electron chi connectivity index (χ3n) is 6.74. The fourth-order valence-corrected chi connectivity index (χ4v) is 5.57. The lowest BCUT2D eigenvalue weighted by Gasteiger charge is -2.35. The fourth-order valence-electron chi connectivity index (χ4n) is 4.57. The lowest BCUT2D eigenvalue weighted by molar-refractivity contribution is -0.144. The number of pyridine rings is 2. The van der Waals surface area contributed by atoms with E-state index >= 15 is 0 Å². The first kappa shape index (κ1) is 24.3. The van der Waals surface area contributed by atoms with Gasteiger partial charge in [0.15, 0.2) is 0 Å². The molecule has 0 bridgehead atoms. The lowest BCUT2D eigenvalue weighted by atomic mass is 9.74. The van der Waals surface area contributed by atoms with Crippen molar-refractivity contribution in [2.45, 2.75) is 64.9 Å². The van der Waals surface area contributed by atoms with Crippen molar-refractivity contribution in [1.82, 2.24) is 15.0 Å². The van der Waals surface area contributed by atoms with Gasteiger partial charge < -0.3 is 15.5 Å². The maximum Gasteiger partial charge on any atom is 0.306 e. The minimum atomic E-state index is -1.10. The van der Waals surface area contributed by atoms with E-state index in [0.29, 0.717) is 42.4 Å². The SMILES string of the molecule is Cc1cc(Nc2cc(C(C)C)ccn2)nc(-c2cnc(C(C)(O)C3CCC(C(=O)O)CC3)s2)c1. The number of aliphatic carboxylic acids is 1. The van der Waals surface area contributed by atoms with Gasteiger partial charge in [-0.15, -0.1) is 11.3 Å². The van der Waals surface area contributed by atoms with Crippen molar-refractivity contribution in [1.29, 1.82) is 0 Å². The highest BCUT2D eigenvalue weighted by molar-refractivity contribution is 7.15. The van der Waals surface area contributed by atoms with Crippen LogP contribution in [-0.4, -0.2) is 31.1 Å². The molecule has 0 amide bonds. The minimum absolute atomic E-state index is 0.0101. The molecule has 34 heavy (non-hydrogen) atoms. The topological polar surface area (TPSA) is 108 Å².